The van der Waals surface area contributed by atoms with Crippen LogP contribution in [-0.2, 0) is 9.59 Å². The van der Waals surface area contributed by atoms with Crippen molar-refractivity contribution in [3.05, 3.63) is 68.2 Å². The second-order valence-corrected chi connectivity index (χ2v) is 8.57. The van der Waals surface area contributed by atoms with Crippen molar-refractivity contribution in [3.63, 3.8) is 0 Å². The highest BCUT2D eigenvalue weighted by atomic mass is 35.5. The number of halogens is 2. The summed E-state index contributed by atoms with van der Waals surface area (Å²) < 4.78 is 0. The van der Waals surface area contributed by atoms with Gasteiger partial charge in [0.25, 0.3) is 17.5 Å². The van der Waals surface area contributed by atoms with E-state index in [0.29, 0.717) is 16.3 Å². The number of benzene rings is 2. The third-order valence-electron chi connectivity index (χ3n) is 5.58. The summed E-state index contributed by atoms with van der Waals surface area (Å²) in [5, 5.41) is 16.5. The van der Waals surface area contributed by atoms with E-state index in [-0.39, 0.29) is 28.8 Å². The van der Waals surface area contributed by atoms with Gasteiger partial charge in [-0.1, -0.05) is 17.7 Å². The highest BCUT2D eigenvalue weighted by Gasteiger charge is 2.35. The Morgan fingerprint density at radius 2 is 1.85 bits per heavy atom. The summed E-state index contributed by atoms with van der Waals surface area (Å²) in [6.45, 7) is 5.04. The van der Waals surface area contributed by atoms with Crippen molar-refractivity contribution in [2.75, 3.05) is 36.0 Å². The zero-order valence-corrected chi connectivity index (χ0v) is 20.4. The maximum Gasteiger partial charge on any atom is 0.270 e. The van der Waals surface area contributed by atoms with Gasteiger partial charge < -0.3 is 22.6 Å². The molecule has 0 unspecified atom stereocenters. The fraction of sp³-hybridized carbons (Fsp3) is 0.227. The average Bonchev–Trinajstić information content (AvgIpc) is 2.79. The van der Waals surface area contributed by atoms with E-state index in [2.05, 4.69) is 15.5 Å². The van der Waals surface area contributed by atoms with Crippen molar-refractivity contribution < 1.29 is 32.2 Å². The first-order valence-electron chi connectivity index (χ1n) is 10.3. The summed E-state index contributed by atoms with van der Waals surface area (Å²) >= 11 is 11.4. The Bertz CT molecular complexity index is 1210. The van der Waals surface area contributed by atoms with Gasteiger partial charge in [0.2, 0.25) is 0 Å². The molecule has 0 aliphatic carbocycles. The molecular weight excluding hydrogens is 501 g/mol. The Balaban J connectivity index is 0.00000324. The molecule has 2 fully saturated rings. The number of quaternary nitrogens is 1. The molecule has 0 saturated carbocycles. The number of carbonyl (C=O) groups excluding carboxylic acids is 2. The van der Waals surface area contributed by atoms with Crippen molar-refractivity contribution in [1.82, 2.24) is 5.32 Å². The van der Waals surface area contributed by atoms with E-state index >= 15 is 0 Å². The number of thiocarbonyl (C=S) groups is 1. The number of nitro groups is 1. The molecule has 34 heavy (non-hydrogen) atoms. The number of rotatable bonds is 4. The minimum absolute atomic E-state index is 0. The molecule has 2 aromatic carbocycles. The zero-order valence-electron chi connectivity index (χ0n) is 18.1. The van der Waals surface area contributed by atoms with Gasteiger partial charge in [-0.05, 0) is 49.0 Å². The third-order valence-corrected chi connectivity index (χ3v) is 6.10. The van der Waals surface area contributed by atoms with Gasteiger partial charge in [0.15, 0.2) is 5.11 Å². The van der Waals surface area contributed by atoms with Crippen LogP contribution in [0.25, 0.3) is 6.08 Å². The molecule has 0 spiro atoms. The number of non-ortho nitro benzene ring substituents is 1. The van der Waals surface area contributed by atoms with E-state index in [1.165, 1.54) is 23.1 Å². The second kappa shape index (κ2) is 10.5. The summed E-state index contributed by atoms with van der Waals surface area (Å²) in [5.41, 5.74) is 2.03. The van der Waals surface area contributed by atoms with E-state index in [1.54, 1.807) is 31.2 Å². The number of nitro benzene ring substituents is 1. The van der Waals surface area contributed by atoms with Crippen LogP contribution in [0.4, 0.5) is 17.1 Å². The number of nitrogens with two attached hydrogens (primary N) is 1. The van der Waals surface area contributed by atoms with Gasteiger partial charge in [-0.25, -0.2) is 0 Å². The summed E-state index contributed by atoms with van der Waals surface area (Å²) in [4.78, 5) is 40.4. The number of nitrogens with one attached hydrogen (secondary N) is 1. The van der Waals surface area contributed by atoms with E-state index in [9.17, 15) is 19.7 Å². The number of aryl methyl sites for hydroxylation is 1. The largest absolute Gasteiger partial charge is 1.00 e. The van der Waals surface area contributed by atoms with Crippen LogP contribution in [0.1, 0.15) is 11.1 Å². The Labute approximate surface area is 212 Å². The lowest BCUT2D eigenvalue weighted by molar-refractivity contribution is -0.655. The van der Waals surface area contributed by atoms with Gasteiger partial charge in [-0.15, -0.1) is 0 Å². The Hall–Kier alpha value is -3.05. The highest BCUT2D eigenvalue weighted by molar-refractivity contribution is 7.80. The van der Waals surface area contributed by atoms with Crippen LogP contribution < -0.4 is 32.8 Å². The average molecular weight is 522 g/mol. The molecule has 0 aromatic heterocycles. The van der Waals surface area contributed by atoms with Gasteiger partial charge in [-0.3, -0.25) is 29.9 Å². The molecular formula is C22H21Cl2N5O4S. The summed E-state index contributed by atoms with van der Waals surface area (Å²) in [5.74, 6) is -1.29. The summed E-state index contributed by atoms with van der Waals surface area (Å²) in [7, 11) is 0. The van der Waals surface area contributed by atoms with Gasteiger partial charge in [0.05, 0.1) is 36.8 Å². The van der Waals surface area contributed by atoms with Gasteiger partial charge in [0.1, 0.15) is 5.57 Å². The normalized spacial score (nSPS) is 17.5. The van der Waals surface area contributed by atoms with Gasteiger partial charge >= 0.3 is 0 Å². The van der Waals surface area contributed by atoms with Crippen molar-refractivity contribution in [2.24, 2.45) is 0 Å². The van der Waals surface area contributed by atoms with Crippen LogP contribution in [0.15, 0.2) is 42.0 Å². The minimum atomic E-state index is -0.662. The number of anilines is 2. The molecule has 9 nitrogen and oxygen atoms in total. The Morgan fingerprint density at radius 3 is 2.53 bits per heavy atom. The van der Waals surface area contributed by atoms with Crippen LogP contribution >= 0.6 is 23.8 Å². The predicted octanol–water partition coefficient (Wildman–Crippen LogP) is -1.22. The predicted molar refractivity (Wildman–Crippen MR) is 129 cm³/mol. The Morgan fingerprint density at radius 1 is 1.15 bits per heavy atom. The SMILES string of the molecule is Cc1ccc(Cl)cc1N1C(=O)/C(=C\c2cc([N+](=O)[O-])ccc2N2CC[NH2+]CC2)C(=O)NC1=S.[Cl-]. The quantitative estimate of drug-likeness (QED) is 0.171. The molecule has 0 bridgehead atoms. The summed E-state index contributed by atoms with van der Waals surface area (Å²) in [6, 6.07) is 9.50. The molecule has 2 heterocycles. The van der Waals surface area contributed by atoms with Gasteiger partial charge in [0, 0.05) is 28.4 Å². The van der Waals surface area contributed by atoms with E-state index in [1.807, 2.05) is 0 Å². The van der Waals surface area contributed by atoms with E-state index in [0.717, 1.165) is 37.4 Å². The fourth-order valence-corrected chi connectivity index (χ4v) is 4.35. The monoisotopic (exact) mass is 521 g/mol. The van der Waals surface area contributed by atoms with Crippen molar-refractivity contribution in [2.45, 2.75) is 6.92 Å². The molecule has 0 radical (unpaired) electrons. The number of hydrogen-bond donors (Lipinski definition) is 2. The first-order valence-corrected chi connectivity index (χ1v) is 11.1. The van der Waals surface area contributed by atoms with Crippen molar-refractivity contribution in [1.29, 1.82) is 0 Å². The van der Waals surface area contributed by atoms with Crippen LogP contribution in [-0.4, -0.2) is 48.0 Å². The van der Waals surface area contributed by atoms with E-state index in [4.69, 9.17) is 23.8 Å². The van der Waals surface area contributed by atoms with E-state index < -0.39 is 16.7 Å². The fourth-order valence-electron chi connectivity index (χ4n) is 3.91. The van der Waals surface area contributed by atoms with Crippen molar-refractivity contribution in [3.8, 4) is 0 Å². The minimum Gasteiger partial charge on any atom is -1.00 e. The van der Waals surface area contributed by atoms with Crippen LogP contribution in [0.2, 0.25) is 5.02 Å². The first-order chi connectivity index (χ1) is 15.8. The maximum atomic E-state index is 13.4. The molecule has 2 aromatic rings. The number of piperazine rings is 1. The van der Waals surface area contributed by atoms with Gasteiger partial charge in [-0.2, -0.15) is 0 Å². The molecule has 0 atom stereocenters. The molecule has 3 N–H and O–H groups in total. The smallest absolute Gasteiger partial charge is 0.270 e. The topological polar surface area (TPSA) is 112 Å². The lowest BCUT2D eigenvalue weighted by Crippen LogP contribution is -3.00. The number of carbonyl (C=O) groups is 2. The molecule has 2 saturated heterocycles. The molecule has 2 aliphatic rings. The summed E-state index contributed by atoms with van der Waals surface area (Å²) in [6.07, 6.45) is 1.40. The second-order valence-electron chi connectivity index (χ2n) is 7.74. The molecule has 2 aliphatic heterocycles. The Kier molecular flexibility index (Phi) is 7.88. The number of nitrogens with zero attached hydrogens (tertiary/aromatic N) is 3. The molecule has 12 heteroatoms. The maximum absolute atomic E-state index is 13.4. The van der Waals surface area contributed by atoms with Crippen LogP contribution in [0.3, 0.4) is 0 Å². The number of amides is 2. The molecule has 178 valence electrons. The van der Waals surface area contributed by atoms with Crippen molar-refractivity contribution >= 4 is 63.9 Å². The lowest BCUT2D eigenvalue weighted by Gasteiger charge is -2.31. The lowest BCUT2D eigenvalue weighted by atomic mass is 10.0. The standard InChI is InChI=1S/C22H20ClN5O4S.ClH/c1-13-2-3-15(23)12-19(13)27-21(30)17(20(29)25-22(27)33)11-14-10-16(28(31)32)4-5-18(14)26-8-6-24-7-9-26;/h2-5,10-12,24H,6-9H2,1H3,(H,25,29,33);1H/b17-11-;. The highest BCUT2D eigenvalue weighted by Crippen LogP contribution is 2.31. The zero-order chi connectivity index (χ0) is 23.7. The molecule has 2 amide bonds. The number of hydrogen-bond acceptors (Lipinski definition) is 6. The van der Waals surface area contributed by atoms with Crippen LogP contribution in [0, 0.1) is 17.0 Å². The third kappa shape index (κ3) is 5.05. The first kappa shape index (κ1) is 25.6. The van der Waals surface area contributed by atoms with Crippen LogP contribution in [0.5, 0.6) is 0 Å². The molecule has 4 rings (SSSR count).